The van der Waals surface area contributed by atoms with Gasteiger partial charge in [0.25, 0.3) is 0 Å². The number of fused-ring (bicyclic) bond motifs is 1. The molecule has 1 amide bonds. The highest BCUT2D eigenvalue weighted by Crippen LogP contribution is 2.27. The first-order valence-corrected chi connectivity index (χ1v) is 9.12. The minimum atomic E-state index is -3.14. The van der Waals surface area contributed by atoms with Gasteiger partial charge in [0.2, 0.25) is 5.91 Å². The number of carbonyl (C=O) groups excluding carboxylic acids is 1. The number of carbonyl (C=O) groups is 2. The number of piperazine rings is 1. The topological polar surface area (TPSA) is 98.2 Å². The summed E-state index contributed by atoms with van der Waals surface area (Å²) in [6.45, 7) is 1.72. The van der Waals surface area contributed by atoms with Gasteiger partial charge in [-0.3, -0.25) is 19.4 Å². The van der Waals surface area contributed by atoms with Crippen LogP contribution in [0.2, 0.25) is 0 Å². The molecule has 22 heavy (non-hydrogen) atoms. The summed E-state index contributed by atoms with van der Waals surface area (Å²) in [5, 5.41) is 8.81. The Bertz CT molecular complexity index is 548. The van der Waals surface area contributed by atoms with Crippen molar-refractivity contribution in [1.82, 2.24) is 14.7 Å². The van der Waals surface area contributed by atoms with Gasteiger partial charge >= 0.3 is 5.97 Å². The van der Waals surface area contributed by atoms with E-state index in [1.165, 1.54) is 4.90 Å². The fraction of sp³-hybridized carbons (Fsp3) is 0.846. The molecule has 8 nitrogen and oxygen atoms in total. The van der Waals surface area contributed by atoms with Crippen LogP contribution in [0, 0.1) is 0 Å². The second kappa shape index (κ2) is 6.51. The Labute approximate surface area is 130 Å². The Balaban J connectivity index is 2.10. The van der Waals surface area contributed by atoms with Gasteiger partial charge in [-0.05, 0) is 0 Å². The molecular formula is C13H23N3O5S. The van der Waals surface area contributed by atoms with Crippen LogP contribution in [0.3, 0.4) is 0 Å². The molecule has 0 saturated carbocycles. The Morgan fingerprint density at radius 1 is 1.14 bits per heavy atom. The van der Waals surface area contributed by atoms with E-state index in [0.29, 0.717) is 19.6 Å². The molecule has 2 aliphatic heterocycles. The van der Waals surface area contributed by atoms with Crippen molar-refractivity contribution in [1.29, 1.82) is 0 Å². The van der Waals surface area contributed by atoms with Gasteiger partial charge in [-0.25, -0.2) is 8.42 Å². The second-order valence-electron chi connectivity index (χ2n) is 6.15. The van der Waals surface area contributed by atoms with E-state index in [0.717, 1.165) is 0 Å². The van der Waals surface area contributed by atoms with Crippen molar-refractivity contribution in [3.63, 3.8) is 0 Å². The largest absolute Gasteiger partial charge is 0.481 e. The summed E-state index contributed by atoms with van der Waals surface area (Å²) < 4.78 is 24.0. The zero-order chi connectivity index (χ0) is 16.5. The molecule has 2 rings (SSSR count). The maximum absolute atomic E-state index is 12.0. The number of rotatable bonds is 5. The lowest BCUT2D eigenvalue weighted by molar-refractivity contribution is -0.137. The van der Waals surface area contributed by atoms with Gasteiger partial charge in [0, 0.05) is 45.8 Å². The molecule has 0 aromatic rings. The van der Waals surface area contributed by atoms with Crippen LogP contribution in [0.1, 0.15) is 6.42 Å². The molecule has 0 aromatic heterocycles. The first kappa shape index (κ1) is 17.2. The number of hydrogen-bond donors (Lipinski definition) is 1. The molecule has 126 valence electrons. The van der Waals surface area contributed by atoms with Crippen LogP contribution < -0.4 is 0 Å². The Morgan fingerprint density at radius 3 is 2.23 bits per heavy atom. The Kier molecular flexibility index (Phi) is 5.08. The van der Waals surface area contributed by atoms with Crippen LogP contribution in [0.25, 0.3) is 0 Å². The van der Waals surface area contributed by atoms with Gasteiger partial charge in [0.05, 0.1) is 24.5 Å². The maximum atomic E-state index is 12.0. The first-order valence-electron chi connectivity index (χ1n) is 7.30. The summed E-state index contributed by atoms with van der Waals surface area (Å²) in [7, 11) is 0.205. The maximum Gasteiger partial charge on any atom is 0.304 e. The third-order valence-electron chi connectivity index (χ3n) is 4.36. The van der Waals surface area contributed by atoms with Gasteiger partial charge in [-0.2, -0.15) is 0 Å². The lowest BCUT2D eigenvalue weighted by atomic mass is 10.0. The summed E-state index contributed by atoms with van der Waals surface area (Å²) in [5.41, 5.74) is 0. The summed E-state index contributed by atoms with van der Waals surface area (Å²) in [4.78, 5) is 28.0. The number of nitrogens with zero attached hydrogens (tertiary/aromatic N) is 3. The standard InChI is InChI=1S/C13H23N3O5S/c1-14(2)12(17)7-16-6-5-15(4-3-13(18)19)10-8-22(20,21)9-11(10)16/h10-11H,3-9H2,1-2H3,(H,18,19)/t10-,11+/m0/s1. The second-order valence-corrected chi connectivity index (χ2v) is 8.30. The average molecular weight is 333 g/mol. The fourth-order valence-corrected chi connectivity index (χ4v) is 5.17. The number of sulfone groups is 1. The molecule has 0 aliphatic carbocycles. The molecule has 0 unspecified atom stereocenters. The molecular weight excluding hydrogens is 310 g/mol. The van der Waals surface area contributed by atoms with Crippen LogP contribution in [0.15, 0.2) is 0 Å². The van der Waals surface area contributed by atoms with E-state index in [9.17, 15) is 18.0 Å². The Morgan fingerprint density at radius 2 is 1.68 bits per heavy atom. The van der Waals surface area contributed by atoms with Crippen molar-refractivity contribution in [2.24, 2.45) is 0 Å². The molecule has 0 aromatic carbocycles. The molecule has 2 fully saturated rings. The fourth-order valence-electron chi connectivity index (χ4n) is 3.12. The lowest BCUT2D eigenvalue weighted by Gasteiger charge is -2.43. The highest BCUT2D eigenvalue weighted by atomic mass is 32.2. The predicted molar refractivity (Wildman–Crippen MR) is 80.3 cm³/mol. The minimum Gasteiger partial charge on any atom is -0.481 e. The number of likely N-dealkylation sites (N-methyl/N-ethyl adjacent to an activating group) is 1. The van der Waals surface area contributed by atoms with Crippen LogP contribution >= 0.6 is 0 Å². The zero-order valence-corrected chi connectivity index (χ0v) is 13.8. The molecule has 2 atom stereocenters. The van der Waals surface area contributed by atoms with E-state index >= 15 is 0 Å². The van der Waals surface area contributed by atoms with Crippen LogP contribution in [0.5, 0.6) is 0 Å². The van der Waals surface area contributed by atoms with Crippen molar-refractivity contribution >= 4 is 21.7 Å². The Hall–Kier alpha value is -1.19. The molecule has 2 heterocycles. The monoisotopic (exact) mass is 333 g/mol. The normalized spacial score (nSPS) is 28.3. The molecule has 9 heteroatoms. The van der Waals surface area contributed by atoms with Crippen molar-refractivity contribution in [2.75, 3.05) is 51.8 Å². The van der Waals surface area contributed by atoms with Crippen molar-refractivity contribution in [2.45, 2.75) is 18.5 Å². The van der Waals surface area contributed by atoms with Gasteiger partial charge < -0.3 is 10.0 Å². The SMILES string of the molecule is CN(C)C(=O)CN1CCN(CCC(=O)O)[C@H]2CS(=O)(=O)C[C@H]21. The van der Waals surface area contributed by atoms with Crippen LogP contribution in [0.4, 0.5) is 0 Å². The van der Waals surface area contributed by atoms with Crippen molar-refractivity contribution < 1.29 is 23.1 Å². The average Bonchev–Trinajstić information content (AvgIpc) is 2.73. The highest BCUT2D eigenvalue weighted by Gasteiger charge is 2.46. The van der Waals surface area contributed by atoms with Crippen LogP contribution in [-0.4, -0.2) is 104 Å². The number of amides is 1. The molecule has 1 N–H and O–H groups in total. The molecule has 0 spiro atoms. The highest BCUT2D eigenvalue weighted by molar-refractivity contribution is 7.91. The van der Waals surface area contributed by atoms with E-state index < -0.39 is 15.8 Å². The minimum absolute atomic E-state index is 0.000103. The van der Waals surface area contributed by atoms with Crippen molar-refractivity contribution in [3.05, 3.63) is 0 Å². The first-order chi connectivity index (χ1) is 10.2. The van der Waals surface area contributed by atoms with Gasteiger partial charge in [0.15, 0.2) is 9.84 Å². The van der Waals surface area contributed by atoms with E-state index in [1.807, 2.05) is 9.80 Å². The van der Waals surface area contributed by atoms with E-state index in [-0.39, 0.29) is 42.5 Å². The van der Waals surface area contributed by atoms with Gasteiger partial charge in [-0.15, -0.1) is 0 Å². The predicted octanol–water partition coefficient (Wildman–Crippen LogP) is -1.67. The molecule has 0 bridgehead atoms. The number of carboxylic acids is 1. The summed E-state index contributed by atoms with van der Waals surface area (Å²) in [6, 6.07) is -0.440. The molecule has 2 aliphatic rings. The smallest absolute Gasteiger partial charge is 0.304 e. The van der Waals surface area contributed by atoms with E-state index in [2.05, 4.69) is 0 Å². The third kappa shape index (κ3) is 3.96. The van der Waals surface area contributed by atoms with E-state index in [1.54, 1.807) is 14.1 Å². The summed E-state index contributed by atoms with van der Waals surface area (Å²) >= 11 is 0. The van der Waals surface area contributed by atoms with Gasteiger partial charge in [0.1, 0.15) is 0 Å². The lowest BCUT2D eigenvalue weighted by Crippen LogP contribution is -2.60. The molecule has 2 saturated heterocycles. The van der Waals surface area contributed by atoms with Crippen LogP contribution in [-0.2, 0) is 19.4 Å². The summed E-state index contributed by atoms with van der Waals surface area (Å²) in [6.07, 6.45) is -0.000103. The zero-order valence-electron chi connectivity index (χ0n) is 12.9. The van der Waals surface area contributed by atoms with E-state index in [4.69, 9.17) is 5.11 Å². The number of carboxylic acid groups (broad SMARTS) is 1. The molecule has 0 radical (unpaired) electrons. The number of aliphatic carboxylic acids is 1. The third-order valence-corrected chi connectivity index (χ3v) is 6.05. The van der Waals surface area contributed by atoms with Crippen molar-refractivity contribution in [3.8, 4) is 0 Å². The van der Waals surface area contributed by atoms with Gasteiger partial charge in [-0.1, -0.05) is 0 Å². The number of hydrogen-bond acceptors (Lipinski definition) is 6. The quantitative estimate of drug-likeness (QED) is 0.642. The summed E-state index contributed by atoms with van der Waals surface area (Å²) in [5.74, 6) is -0.851.